The first-order chi connectivity index (χ1) is 8.19. The van der Waals surface area contributed by atoms with E-state index >= 15 is 0 Å². The molecule has 2 N–H and O–H groups in total. The van der Waals surface area contributed by atoms with Gasteiger partial charge in [-0.05, 0) is 12.3 Å². The summed E-state index contributed by atoms with van der Waals surface area (Å²) in [5.41, 5.74) is 0. The summed E-state index contributed by atoms with van der Waals surface area (Å²) >= 11 is 0. The van der Waals surface area contributed by atoms with Crippen molar-refractivity contribution in [3.8, 4) is 0 Å². The fourth-order valence-electron chi connectivity index (χ4n) is 2.06. The Bertz CT molecular complexity index is 198. The smallest absolute Gasteiger partial charge is 0.110 e. The molecule has 1 saturated heterocycles. The summed E-state index contributed by atoms with van der Waals surface area (Å²) in [6.07, 6.45) is 2.85. The van der Waals surface area contributed by atoms with E-state index in [-0.39, 0.29) is 12.7 Å². The van der Waals surface area contributed by atoms with E-state index < -0.39 is 12.2 Å². The van der Waals surface area contributed by atoms with Crippen molar-refractivity contribution < 1.29 is 19.7 Å². The quantitative estimate of drug-likeness (QED) is 0.678. The van der Waals surface area contributed by atoms with Gasteiger partial charge < -0.3 is 19.7 Å². The molecule has 17 heavy (non-hydrogen) atoms. The van der Waals surface area contributed by atoms with Gasteiger partial charge in [-0.25, -0.2) is 0 Å². The third-order valence-corrected chi connectivity index (χ3v) is 3.44. The Labute approximate surface area is 104 Å². The molecule has 1 fully saturated rings. The van der Waals surface area contributed by atoms with Gasteiger partial charge in [-0.15, -0.1) is 0 Å². The molecule has 0 aromatic carbocycles. The molecule has 4 nitrogen and oxygen atoms in total. The molecule has 1 unspecified atom stereocenters. The summed E-state index contributed by atoms with van der Waals surface area (Å²) in [6.45, 7) is 5.67. The standard InChI is InChI=1S/C13H26O4/c1-3-5-6-10(4-2)7-16-9-12-13(15)11(14)8-17-12/h10-15H,3-9H2,1-2H3/t10?,11-,12-,13+/m0/s1. The lowest BCUT2D eigenvalue weighted by molar-refractivity contribution is -0.0377. The van der Waals surface area contributed by atoms with E-state index in [0.717, 1.165) is 13.0 Å². The summed E-state index contributed by atoms with van der Waals surface area (Å²) in [7, 11) is 0. The molecule has 1 heterocycles. The van der Waals surface area contributed by atoms with Crippen LogP contribution in [0.2, 0.25) is 0 Å². The van der Waals surface area contributed by atoms with Gasteiger partial charge >= 0.3 is 0 Å². The zero-order valence-electron chi connectivity index (χ0n) is 11.0. The van der Waals surface area contributed by atoms with E-state index in [0.29, 0.717) is 12.5 Å². The van der Waals surface area contributed by atoms with Crippen molar-refractivity contribution in [3.63, 3.8) is 0 Å². The van der Waals surface area contributed by atoms with E-state index in [2.05, 4.69) is 13.8 Å². The maximum atomic E-state index is 9.57. The first kappa shape index (κ1) is 14.9. The number of unbranched alkanes of at least 4 members (excludes halogenated alkanes) is 1. The number of hydrogen-bond donors (Lipinski definition) is 2. The average molecular weight is 246 g/mol. The SMILES string of the molecule is CCCCC(CC)COC[C@@H]1OC[C@H](O)[C@H]1O. The first-order valence-electron chi connectivity index (χ1n) is 6.74. The molecule has 102 valence electrons. The van der Waals surface area contributed by atoms with Crippen LogP contribution in [-0.4, -0.2) is 48.3 Å². The summed E-state index contributed by atoms with van der Waals surface area (Å²) < 4.78 is 10.8. The van der Waals surface area contributed by atoms with Crippen LogP contribution in [0.3, 0.4) is 0 Å². The molecule has 0 aliphatic carbocycles. The Morgan fingerprint density at radius 2 is 2.12 bits per heavy atom. The van der Waals surface area contributed by atoms with Crippen LogP contribution in [0.5, 0.6) is 0 Å². The summed E-state index contributed by atoms with van der Waals surface area (Å²) in [5.74, 6) is 0.596. The lowest BCUT2D eigenvalue weighted by Gasteiger charge is -2.18. The van der Waals surface area contributed by atoms with Crippen LogP contribution in [0.25, 0.3) is 0 Å². The predicted molar refractivity (Wildman–Crippen MR) is 65.9 cm³/mol. The monoisotopic (exact) mass is 246 g/mol. The second-order valence-electron chi connectivity index (χ2n) is 4.88. The van der Waals surface area contributed by atoms with Gasteiger partial charge in [0.25, 0.3) is 0 Å². The number of aliphatic hydroxyl groups excluding tert-OH is 2. The second-order valence-corrected chi connectivity index (χ2v) is 4.88. The van der Waals surface area contributed by atoms with Crippen molar-refractivity contribution in [2.24, 2.45) is 5.92 Å². The molecule has 0 aromatic heterocycles. The molecule has 1 aliphatic rings. The largest absolute Gasteiger partial charge is 0.388 e. The van der Waals surface area contributed by atoms with Crippen LogP contribution < -0.4 is 0 Å². The van der Waals surface area contributed by atoms with Gasteiger partial charge in [0.1, 0.15) is 18.3 Å². The van der Waals surface area contributed by atoms with Crippen molar-refractivity contribution in [1.82, 2.24) is 0 Å². The molecule has 0 spiro atoms. The maximum absolute atomic E-state index is 9.57. The average Bonchev–Trinajstić information content (AvgIpc) is 2.65. The first-order valence-corrected chi connectivity index (χ1v) is 6.74. The van der Waals surface area contributed by atoms with Gasteiger partial charge in [0, 0.05) is 6.61 Å². The minimum Gasteiger partial charge on any atom is -0.388 e. The highest BCUT2D eigenvalue weighted by molar-refractivity contribution is 4.82. The van der Waals surface area contributed by atoms with Crippen molar-refractivity contribution >= 4 is 0 Å². The van der Waals surface area contributed by atoms with Crippen LogP contribution in [0.15, 0.2) is 0 Å². The molecule has 0 aromatic rings. The van der Waals surface area contributed by atoms with E-state index in [1.807, 2.05) is 0 Å². The number of rotatable bonds is 8. The van der Waals surface area contributed by atoms with Crippen molar-refractivity contribution in [2.75, 3.05) is 19.8 Å². The van der Waals surface area contributed by atoms with Gasteiger partial charge in [-0.1, -0.05) is 33.1 Å². The Balaban J connectivity index is 2.13. The second kappa shape index (κ2) is 8.03. The molecule has 4 heteroatoms. The fraction of sp³-hybridized carbons (Fsp3) is 1.00. The third kappa shape index (κ3) is 4.92. The summed E-state index contributed by atoms with van der Waals surface area (Å²) in [6, 6.07) is 0. The molecule has 0 radical (unpaired) electrons. The highest BCUT2D eigenvalue weighted by Crippen LogP contribution is 2.16. The minimum atomic E-state index is -0.800. The topological polar surface area (TPSA) is 58.9 Å². The van der Waals surface area contributed by atoms with Gasteiger partial charge in [0.15, 0.2) is 0 Å². The molecule has 1 aliphatic heterocycles. The van der Waals surface area contributed by atoms with Crippen LogP contribution >= 0.6 is 0 Å². The van der Waals surface area contributed by atoms with Gasteiger partial charge in [-0.2, -0.15) is 0 Å². The predicted octanol–water partition coefficient (Wildman–Crippen LogP) is 1.34. The number of ether oxygens (including phenoxy) is 2. The van der Waals surface area contributed by atoms with E-state index in [1.54, 1.807) is 0 Å². The summed E-state index contributed by atoms with van der Waals surface area (Å²) in [4.78, 5) is 0. The van der Waals surface area contributed by atoms with E-state index in [1.165, 1.54) is 19.3 Å². The van der Waals surface area contributed by atoms with Crippen LogP contribution in [0.1, 0.15) is 39.5 Å². The highest BCUT2D eigenvalue weighted by Gasteiger charge is 2.34. The molecular formula is C13H26O4. The third-order valence-electron chi connectivity index (χ3n) is 3.44. The zero-order chi connectivity index (χ0) is 12.7. The molecule has 1 rings (SSSR count). The Hall–Kier alpha value is -0.160. The fourth-order valence-corrected chi connectivity index (χ4v) is 2.06. The Morgan fingerprint density at radius 1 is 1.35 bits per heavy atom. The molecule has 4 atom stereocenters. The van der Waals surface area contributed by atoms with Crippen molar-refractivity contribution in [2.45, 2.75) is 57.8 Å². The zero-order valence-corrected chi connectivity index (χ0v) is 11.0. The van der Waals surface area contributed by atoms with Gasteiger partial charge in [0.2, 0.25) is 0 Å². The van der Waals surface area contributed by atoms with Gasteiger partial charge in [0.05, 0.1) is 13.2 Å². The molecule has 0 amide bonds. The highest BCUT2D eigenvalue weighted by atomic mass is 16.6. The normalized spacial score (nSPS) is 30.7. The van der Waals surface area contributed by atoms with Crippen LogP contribution in [0.4, 0.5) is 0 Å². The molecule has 0 bridgehead atoms. The van der Waals surface area contributed by atoms with Crippen LogP contribution in [0, 0.1) is 5.92 Å². The maximum Gasteiger partial charge on any atom is 0.110 e. The van der Waals surface area contributed by atoms with Gasteiger partial charge in [-0.3, -0.25) is 0 Å². The molecule has 0 saturated carbocycles. The van der Waals surface area contributed by atoms with Crippen LogP contribution in [-0.2, 0) is 9.47 Å². The number of aliphatic hydroxyl groups is 2. The summed E-state index contributed by atoms with van der Waals surface area (Å²) in [5, 5.41) is 18.9. The Morgan fingerprint density at radius 3 is 2.65 bits per heavy atom. The lowest BCUT2D eigenvalue weighted by Crippen LogP contribution is -2.33. The molecular weight excluding hydrogens is 220 g/mol. The lowest BCUT2D eigenvalue weighted by atomic mass is 10.0. The van der Waals surface area contributed by atoms with Crippen molar-refractivity contribution in [1.29, 1.82) is 0 Å². The van der Waals surface area contributed by atoms with E-state index in [4.69, 9.17) is 9.47 Å². The number of hydrogen-bond acceptors (Lipinski definition) is 4. The van der Waals surface area contributed by atoms with E-state index in [9.17, 15) is 10.2 Å². The van der Waals surface area contributed by atoms with Crippen molar-refractivity contribution in [3.05, 3.63) is 0 Å². The minimum absolute atomic E-state index is 0.211. The Kier molecular flexibility index (Phi) is 7.04.